The van der Waals surface area contributed by atoms with Crippen LogP contribution in [0.1, 0.15) is 46.5 Å². The van der Waals surface area contributed by atoms with Gasteiger partial charge in [0.2, 0.25) is 0 Å². The highest BCUT2D eigenvalue weighted by atomic mass is 16.6. The molecule has 0 aromatic carbocycles. The Morgan fingerprint density at radius 2 is 1.18 bits per heavy atom. The van der Waals surface area contributed by atoms with Crippen LogP contribution in [-0.4, -0.2) is 78.0 Å². The monoisotopic (exact) mass is 406 g/mol. The first-order chi connectivity index (χ1) is 13.7. The molecule has 0 spiro atoms. The summed E-state index contributed by atoms with van der Waals surface area (Å²) >= 11 is 0. The van der Waals surface area contributed by atoms with E-state index in [2.05, 4.69) is 0 Å². The molecule has 0 saturated carbocycles. The number of hydrogen-bond acceptors (Lipinski definition) is 8. The Labute approximate surface area is 169 Å². The van der Waals surface area contributed by atoms with Gasteiger partial charge in [0, 0.05) is 19.6 Å². The molecule has 0 bridgehead atoms. The summed E-state index contributed by atoms with van der Waals surface area (Å²) in [7, 11) is 0. The molecule has 0 aliphatic carbocycles. The summed E-state index contributed by atoms with van der Waals surface area (Å²) in [5, 5.41) is 0. The molecular weight excluding hydrogens is 368 g/mol. The van der Waals surface area contributed by atoms with E-state index in [-0.39, 0.29) is 37.5 Å². The van der Waals surface area contributed by atoms with Gasteiger partial charge in [-0.3, -0.25) is 9.59 Å². The molecule has 1 atom stereocenters. The predicted octanol–water partition coefficient (Wildman–Crippen LogP) is 2.38. The molecule has 0 aliphatic rings. The first kappa shape index (κ1) is 26.8. The molecule has 0 radical (unpaired) electrons. The predicted molar refractivity (Wildman–Crippen MR) is 104 cm³/mol. The molecule has 0 aliphatic heterocycles. The second kappa shape index (κ2) is 20.5. The Hall–Kier alpha value is -1.22. The molecule has 0 aromatic rings. The van der Waals surface area contributed by atoms with E-state index in [1.807, 2.05) is 20.8 Å². The van der Waals surface area contributed by atoms with Crippen LogP contribution in [0.25, 0.3) is 0 Å². The van der Waals surface area contributed by atoms with Gasteiger partial charge >= 0.3 is 11.9 Å². The molecule has 0 saturated heterocycles. The third-order valence-corrected chi connectivity index (χ3v) is 3.87. The van der Waals surface area contributed by atoms with Crippen molar-refractivity contribution in [1.82, 2.24) is 0 Å². The maximum Gasteiger partial charge on any atom is 0.308 e. The normalized spacial score (nSPS) is 12.0. The smallest absolute Gasteiger partial charge is 0.308 e. The van der Waals surface area contributed by atoms with E-state index in [4.69, 9.17) is 28.4 Å². The highest BCUT2D eigenvalue weighted by Crippen LogP contribution is 2.15. The van der Waals surface area contributed by atoms with Gasteiger partial charge in [0.1, 0.15) is 13.2 Å². The third-order valence-electron chi connectivity index (χ3n) is 3.87. The van der Waals surface area contributed by atoms with E-state index in [9.17, 15) is 9.59 Å². The van der Waals surface area contributed by atoms with Crippen molar-refractivity contribution < 1.29 is 38.0 Å². The van der Waals surface area contributed by atoms with Gasteiger partial charge in [-0.1, -0.05) is 6.92 Å². The molecule has 0 fully saturated rings. The van der Waals surface area contributed by atoms with Gasteiger partial charge in [0.15, 0.2) is 0 Å². The molecule has 8 heteroatoms. The van der Waals surface area contributed by atoms with Gasteiger partial charge in [-0.15, -0.1) is 0 Å². The van der Waals surface area contributed by atoms with E-state index in [0.29, 0.717) is 72.1 Å². The Bertz CT molecular complexity index is 375. The number of esters is 2. The summed E-state index contributed by atoms with van der Waals surface area (Å²) in [4.78, 5) is 23.8. The van der Waals surface area contributed by atoms with Crippen LogP contribution in [-0.2, 0) is 38.0 Å². The minimum atomic E-state index is -0.278. The lowest BCUT2D eigenvalue weighted by Gasteiger charge is -2.14. The minimum absolute atomic E-state index is 0.210. The Morgan fingerprint density at radius 3 is 1.71 bits per heavy atom. The molecule has 0 amide bonds. The maximum atomic E-state index is 12.1. The molecule has 0 aromatic heterocycles. The SMILES string of the molecule is CCOCCOCCOC(=O)CCCC(CC)C(=O)OCCOCCOCC. The van der Waals surface area contributed by atoms with Crippen LogP contribution in [0.3, 0.4) is 0 Å². The van der Waals surface area contributed by atoms with Crippen molar-refractivity contribution in [2.45, 2.75) is 46.5 Å². The van der Waals surface area contributed by atoms with Gasteiger partial charge < -0.3 is 28.4 Å². The van der Waals surface area contributed by atoms with Crippen LogP contribution in [0.4, 0.5) is 0 Å². The highest BCUT2D eigenvalue weighted by Gasteiger charge is 2.18. The standard InChI is InChI=1S/C20H38O8/c1-4-18(20(22)28-17-15-26-13-11-24-6-3)8-7-9-19(21)27-16-14-25-12-10-23-5-2/h18H,4-17H2,1-3H3. The zero-order valence-electron chi connectivity index (χ0n) is 17.7. The van der Waals surface area contributed by atoms with Crippen molar-refractivity contribution in [3.05, 3.63) is 0 Å². The van der Waals surface area contributed by atoms with Gasteiger partial charge in [0.05, 0.1) is 45.6 Å². The number of ether oxygens (including phenoxy) is 6. The summed E-state index contributed by atoms with van der Waals surface area (Å²) < 4.78 is 31.2. The van der Waals surface area contributed by atoms with Crippen LogP contribution < -0.4 is 0 Å². The lowest BCUT2D eigenvalue weighted by atomic mass is 9.99. The summed E-state index contributed by atoms with van der Waals surface area (Å²) in [5.41, 5.74) is 0. The minimum Gasteiger partial charge on any atom is -0.463 e. The van der Waals surface area contributed by atoms with Crippen LogP contribution in [0.15, 0.2) is 0 Å². The van der Waals surface area contributed by atoms with E-state index in [1.54, 1.807) is 0 Å². The zero-order chi connectivity index (χ0) is 20.9. The third kappa shape index (κ3) is 16.9. The number of carbonyl (C=O) groups excluding carboxylic acids is 2. The van der Waals surface area contributed by atoms with Crippen molar-refractivity contribution in [1.29, 1.82) is 0 Å². The largest absolute Gasteiger partial charge is 0.463 e. The number of carbonyl (C=O) groups is 2. The van der Waals surface area contributed by atoms with Gasteiger partial charge in [-0.05, 0) is 33.1 Å². The Morgan fingerprint density at radius 1 is 0.679 bits per heavy atom. The maximum absolute atomic E-state index is 12.1. The Kier molecular flexibility index (Phi) is 19.6. The van der Waals surface area contributed by atoms with E-state index in [1.165, 1.54) is 0 Å². The molecule has 8 nitrogen and oxygen atoms in total. The van der Waals surface area contributed by atoms with Crippen molar-refractivity contribution >= 4 is 11.9 Å². The van der Waals surface area contributed by atoms with Crippen molar-refractivity contribution in [3.8, 4) is 0 Å². The van der Waals surface area contributed by atoms with Crippen LogP contribution in [0, 0.1) is 5.92 Å². The van der Waals surface area contributed by atoms with E-state index in [0.717, 1.165) is 0 Å². The van der Waals surface area contributed by atoms with Crippen molar-refractivity contribution in [2.75, 3.05) is 66.1 Å². The first-order valence-corrected chi connectivity index (χ1v) is 10.3. The highest BCUT2D eigenvalue weighted by molar-refractivity contribution is 5.72. The quantitative estimate of drug-likeness (QED) is 0.225. The molecule has 0 rings (SSSR count). The molecule has 166 valence electrons. The van der Waals surface area contributed by atoms with Crippen LogP contribution in [0.2, 0.25) is 0 Å². The second-order valence-electron chi connectivity index (χ2n) is 6.00. The summed E-state index contributed by atoms with van der Waals surface area (Å²) in [6.45, 7) is 10.3. The fourth-order valence-electron chi connectivity index (χ4n) is 2.32. The summed E-state index contributed by atoms with van der Waals surface area (Å²) in [6.07, 6.45) is 2.14. The molecule has 0 N–H and O–H groups in total. The van der Waals surface area contributed by atoms with Crippen molar-refractivity contribution in [3.63, 3.8) is 0 Å². The summed E-state index contributed by atoms with van der Waals surface area (Å²) in [5.74, 6) is -0.732. The lowest BCUT2D eigenvalue weighted by Crippen LogP contribution is -2.20. The fraction of sp³-hybridized carbons (Fsp3) is 0.900. The molecular formula is C20H38O8. The zero-order valence-corrected chi connectivity index (χ0v) is 17.7. The fourth-order valence-corrected chi connectivity index (χ4v) is 2.32. The van der Waals surface area contributed by atoms with Crippen LogP contribution in [0.5, 0.6) is 0 Å². The van der Waals surface area contributed by atoms with Gasteiger partial charge in [-0.25, -0.2) is 0 Å². The number of rotatable bonds is 20. The van der Waals surface area contributed by atoms with Gasteiger partial charge in [-0.2, -0.15) is 0 Å². The van der Waals surface area contributed by atoms with Crippen LogP contribution >= 0.6 is 0 Å². The molecule has 0 heterocycles. The average molecular weight is 407 g/mol. The van der Waals surface area contributed by atoms with Crippen molar-refractivity contribution in [2.24, 2.45) is 5.92 Å². The average Bonchev–Trinajstić information content (AvgIpc) is 2.69. The first-order valence-electron chi connectivity index (χ1n) is 10.3. The summed E-state index contributed by atoms with van der Waals surface area (Å²) in [6, 6.07) is 0. The number of hydrogen-bond donors (Lipinski definition) is 0. The van der Waals surface area contributed by atoms with Gasteiger partial charge in [0.25, 0.3) is 0 Å². The Balaban J connectivity index is 3.66. The van der Waals surface area contributed by atoms with E-state index < -0.39 is 0 Å². The second-order valence-corrected chi connectivity index (χ2v) is 6.00. The molecule has 28 heavy (non-hydrogen) atoms. The lowest BCUT2D eigenvalue weighted by molar-refractivity contribution is -0.151. The topological polar surface area (TPSA) is 89.5 Å². The molecule has 1 unspecified atom stereocenters. The van der Waals surface area contributed by atoms with E-state index >= 15 is 0 Å².